The van der Waals surface area contributed by atoms with E-state index in [2.05, 4.69) is 5.32 Å². The Bertz CT molecular complexity index is 1150. The summed E-state index contributed by atoms with van der Waals surface area (Å²) < 4.78 is 5.23. The number of benzene rings is 2. The SMILES string of the molecule is Cc1c(CCC(=O)NC(Cc2ccc(O)cc2)C(=O)O)c(=O)oc2cc(O)ccc12. The normalized spacial score (nSPS) is 11.9. The van der Waals surface area contributed by atoms with Crippen LogP contribution in [0.3, 0.4) is 0 Å². The summed E-state index contributed by atoms with van der Waals surface area (Å²) in [7, 11) is 0. The smallest absolute Gasteiger partial charge is 0.339 e. The molecule has 4 N–H and O–H groups in total. The molecule has 0 aliphatic carbocycles. The molecule has 2 aromatic carbocycles. The van der Waals surface area contributed by atoms with Crippen molar-refractivity contribution in [2.24, 2.45) is 0 Å². The first kappa shape index (κ1) is 20.9. The molecule has 8 nitrogen and oxygen atoms in total. The van der Waals surface area contributed by atoms with Gasteiger partial charge in [0.05, 0.1) is 0 Å². The minimum Gasteiger partial charge on any atom is -0.508 e. The van der Waals surface area contributed by atoms with E-state index in [1.165, 1.54) is 24.3 Å². The van der Waals surface area contributed by atoms with Crippen LogP contribution < -0.4 is 10.9 Å². The molecule has 0 bridgehead atoms. The predicted octanol–water partition coefficient (Wildman–Crippen LogP) is 2.26. The summed E-state index contributed by atoms with van der Waals surface area (Å²) in [6.45, 7) is 1.73. The number of phenolic OH excluding ortho intramolecular Hbond substituents is 2. The van der Waals surface area contributed by atoms with Crippen molar-refractivity contribution in [3.63, 3.8) is 0 Å². The molecule has 30 heavy (non-hydrogen) atoms. The lowest BCUT2D eigenvalue weighted by Crippen LogP contribution is -2.42. The lowest BCUT2D eigenvalue weighted by Gasteiger charge is -2.15. The Morgan fingerprint density at radius 2 is 1.73 bits per heavy atom. The number of fused-ring (bicyclic) bond motifs is 1. The van der Waals surface area contributed by atoms with Gasteiger partial charge in [0, 0.05) is 29.9 Å². The fraction of sp³-hybridized carbons (Fsp3) is 0.227. The van der Waals surface area contributed by atoms with Gasteiger partial charge in [0.2, 0.25) is 5.91 Å². The van der Waals surface area contributed by atoms with Crippen LogP contribution in [0.4, 0.5) is 0 Å². The number of rotatable bonds is 7. The van der Waals surface area contributed by atoms with Gasteiger partial charge in [-0.1, -0.05) is 12.1 Å². The number of aryl methyl sites for hydroxylation is 1. The summed E-state index contributed by atoms with van der Waals surface area (Å²) in [5.41, 5.74) is 1.28. The molecular weight excluding hydrogens is 390 g/mol. The second-order valence-corrected chi connectivity index (χ2v) is 7.00. The molecule has 1 atom stereocenters. The molecule has 0 aliphatic rings. The van der Waals surface area contributed by atoms with Crippen molar-refractivity contribution in [1.29, 1.82) is 0 Å². The summed E-state index contributed by atoms with van der Waals surface area (Å²) in [6, 6.07) is 9.37. The maximum atomic E-state index is 12.3. The number of carbonyl (C=O) groups excluding carboxylic acids is 1. The Balaban J connectivity index is 1.69. The molecule has 0 fully saturated rings. The highest BCUT2D eigenvalue weighted by Gasteiger charge is 2.21. The zero-order chi connectivity index (χ0) is 21.8. The molecule has 0 spiro atoms. The van der Waals surface area contributed by atoms with E-state index in [1.54, 1.807) is 25.1 Å². The second kappa shape index (κ2) is 8.69. The van der Waals surface area contributed by atoms with Gasteiger partial charge in [-0.2, -0.15) is 0 Å². The highest BCUT2D eigenvalue weighted by atomic mass is 16.4. The molecule has 0 aliphatic heterocycles. The van der Waals surface area contributed by atoms with Gasteiger partial charge in [-0.15, -0.1) is 0 Å². The van der Waals surface area contributed by atoms with Crippen LogP contribution in [0.2, 0.25) is 0 Å². The van der Waals surface area contributed by atoms with Crippen LogP contribution in [0.25, 0.3) is 11.0 Å². The van der Waals surface area contributed by atoms with E-state index < -0.39 is 23.5 Å². The highest BCUT2D eigenvalue weighted by molar-refractivity contribution is 5.85. The summed E-state index contributed by atoms with van der Waals surface area (Å²) in [4.78, 5) is 36.1. The molecule has 0 radical (unpaired) electrons. The Labute approximate surface area is 171 Å². The number of carboxylic acids is 1. The molecule has 0 saturated heterocycles. The molecule has 0 saturated carbocycles. The summed E-state index contributed by atoms with van der Waals surface area (Å²) in [5.74, 6) is -1.65. The molecular formula is C22H21NO7. The van der Waals surface area contributed by atoms with Crippen LogP contribution in [-0.4, -0.2) is 33.2 Å². The van der Waals surface area contributed by atoms with Crippen LogP contribution in [0, 0.1) is 6.92 Å². The van der Waals surface area contributed by atoms with Gasteiger partial charge >= 0.3 is 11.6 Å². The third kappa shape index (κ3) is 4.78. The highest BCUT2D eigenvalue weighted by Crippen LogP contribution is 2.23. The molecule has 8 heteroatoms. The molecule has 156 valence electrons. The molecule has 1 unspecified atom stereocenters. The Hall–Kier alpha value is -3.81. The largest absolute Gasteiger partial charge is 0.508 e. The van der Waals surface area contributed by atoms with Crippen molar-refractivity contribution in [3.8, 4) is 11.5 Å². The second-order valence-electron chi connectivity index (χ2n) is 7.00. The number of aliphatic carboxylic acids is 1. The van der Waals surface area contributed by atoms with Crippen molar-refractivity contribution >= 4 is 22.8 Å². The van der Waals surface area contributed by atoms with Gasteiger partial charge in [0.1, 0.15) is 23.1 Å². The van der Waals surface area contributed by atoms with E-state index in [1.807, 2.05) is 0 Å². The fourth-order valence-electron chi connectivity index (χ4n) is 3.24. The van der Waals surface area contributed by atoms with Gasteiger partial charge in [0.15, 0.2) is 0 Å². The van der Waals surface area contributed by atoms with Crippen LogP contribution in [-0.2, 0) is 22.4 Å². The Morgan fingerprint density at radius 1 is 1.07 bits per heavy atom. The maximum Gasteiger partial charge on any atom is 0.339 e. The average molecular weight is 411 g/mol. The number of nitrogens with one attached hydrogen (secondary N) is 1. The Kier molecular flexibility index (Phi) is 6.06. The van der Waals surface area contributed by atoms with E-state index in [-0.39, 0.29) is 36.3 Å². The number of aromatic hydroxyl groups is 2. The number of phenols is 2. The van der Waals surface area contributed by atoms with Crippen LogP contribution in [0.15, 0.2) is 51.7 Å². The molecule has 1 amide bonds. The van der Waals surface area contributed by atoms with Crippen molar-refractivity contribution < 1.29 is 29.3 Å². The molecule has 1 heterocycles. The first-order valence-corrected chi connectivity index (χ1v) is 9.30. The molecule has 3 aromatic rings. The van der Waals surface area contributed by atoms with E-state index in [4.69, 9.17) is 4.42 Å². The van der Waals surface area contributed by atoms with Crippen molar-refractivity contribution in [2.75, 3.05) is 0 Å². The topological polar surface area (TPSA) is 137 Å². The number of carboxylic acid groups (broad SMARTS) is 1. The van der Waals surface area contributed by atoms with Crippen molar-refractivity contribution in [2.45, 2.75) is 32.2 Å². The van der Waals surface area contributed by atoms with Gasteiger partial charge in [0.25, 0.3) is 0 Å². The van der Waals surface area contributed by atoms with E-state index in [9.17, 15) is 29.7 Å². The van der Waals surface area contributed by atoms with Crippen LogP contribution in [0.1, 0.15) is 23.1 Å². The van der Waals surface area contributed by atoms with Gasteiger partial charge in [-0.05, 0) is 48.7 Å². The quantitative estimate of drug-likeness (QED) is 0.438. The maximum absolute atomic E-state index is 12.3. The first-order chi connectivity index (χ1) is 14.2. The number of amides is 1. The van der Waals surface area contributed by atoms with Gasteiger partial charge < -0.3 is 25.1 Å². The lowest BCUT2D eigenvalue weighted by molar-refractivity contribution is -0.141. The third-order valence-electron chi connectivity index (χ3n) is 4.88. The zero-order valence-electron chi connectivity index (χ0n) is 16.2. The lowest BCUT2D eigenvalue weighted by atomic mass is 10.0. The molecule has 3 rings (SSSR count). The van der Waals surface area contributed by atoms with E-state index in [0.29, 0.717) is 22.1 Å². The summed E-state index contributed by atoms with van der Waals surface area (Å²) in [5, 5.41) is 31.4. The van der Waals surface area contributed by atoms with Crippen molar-refractivity contribution in [1.82, 2.24) is 5.32 Å². The number of carbonyl (C=O) groups is 2. The van der Waals surface area contributed by atoms with Gasteiger partial charge in [-0.25, -0.2) is 9.59 Å². The number of hydrogen-bond donors (Lipinski definition) is 4. The minimum absolute atomic E-state index is 0.0227. The van der Waals surface area contributed by atoms with Gasteiger partial charge in [-0.3, -0.25) is 4.79 Å². The van der Waals surface area contributed by atoms with Crippen molar-refractivity contribution in [3.05, 3.63) is 69.6 Å². The predicted molar refractivity (Wildman–Crippen MR) is 109 cm³/mol. The minimum atomic E-state index is -1.18. The first-order valence-electron chi connectivity index (χ1n) is 9.30. The average Bonchev–Trinajstić information content (AvgIpc) is 2.68. The van der Waals surface area contributed by atoms with Crippen LogP contribution in [0.5, 0.6) is 11.5 Å². The monoisotopic (exact) mass is 411 g/mol. The zero-order valence-corrected chi connectivity index (χ0v) is 16.2. The third-order valence-corrected chi connectivity index (χ3v) is 4.88. The summed E-state index contributed by atoms with van der Waals surface area (Å²) in [6.07, 6.45) is 0.0545. The fourth-order valence-corrected chi connectivity index (χ4v) is 3.24. The summed E-state index contributed by atoms with van der Waals surface area (Å²) >= 11 is 0. The van der Waals surface area contributed by atoms with Crippen LogP contribution >= 0.6 is 0 Å². The Morgan fingerprint density at radius 3 is 2.40 bits per heavy atom. The molecule has 1 aromatic heterocycles. The number of hydrogen-bond acceptors (Lipinski definition) is 6. The van der Waals surface area contributed by atoms with E-state index >= 15 is 0 Å². The van der Waals surface area contributed by atoms with E-state index in [0.717, 1.165) is 0 Å². The standard InChI is InChI=1S/C22H21NO7/c1-12-16-7-6-15(25)11-19(16)30-22(29)17(12)8-9-20(26)23-18(21(27)28)10-13-2-4-14(24)5-3-13/h2-7,11,18,24-25H,8-10H2,1H3,(H,23,26)(H,27,28).